The molecule has 116 valence electrons. The molecule has 0 spiro atoms. The van der Waals surface area contributed by atoms with Gasteiger partial charge in [0.2, 0.25) is 0 Å². The second-order valence-corrected chi connectivity index (χ2v) is 5.19. The number of rotatable bonds is 4. The number of anilines is 5. The molecule has 3 rings (SSSR count). The van der Waals surface area contributed by atoms with Crippen LogP contribution in [0.1, 0.15) is 0 Å². The summed E-state index contributed by atoms with van der Waals surface area (Å²) in [5, 5.41) is 0. The van der Waals surface area contributed by atoms with E-state index in [0.29, 0.717) is 0 Å². The standard InChI is InChI=1S/C19H19N3O/c1-23-19-5-3-2-4-18(19)22(16-10-6-14(20)7-11-16)17-12-8-15(21)9-13-17/h2-13H,20-21H2,1H3. The number of benzene rings is 3. The van der Waals surface area contributed by atoms with Gasteiger partial charge in [-0.2, -0.15) is 0 Å². The highest BCUT2D eigenvalue weighted by atomic mass is 16.5. The third kappa shape index (κ3) is 3.06. The van der Waals surface area contributed by atoms with Gasteiger partial charge in [0.05, 0.1) is 12.8 Å². The predicted molar refractivity (Wildman–Crippen MR) is 96.5 cm³/mol. The van der Waals surface area contributed by atoms with Gasteiger partial charge in [0.1, 0.15) is 5.75 Å². The SMILES string of the molecule is COc1ccccc1N(c1ccc(N)cc1)c1ccc(N)cc1. The van der Waals surface area contributed by atoms with Crippen LogP contribution in [0.3, 0.4) is 0 Å². The van der Waals surface area contributed by atoms with Crippen molar-refractivity contribution in [3.63, 3.8) is 0 Å². The van der Waals surface area contributed by atoms with Crippen LogP contribution in [-0.2, 0) is 0 Å². The number of hydrogen-bond donors (Lipinski definition) is 2. The van der Waals surface area contributed by atoms with Crippen molar-refractivity contribution in [1.82, 2.24) is 0 Å². The normalized spacial score (nSPS) is 10.3. The Balaban J connectivity index is 2.17. The second kappa shape index (κ2) is 6.32. The van der Waals surface area contributed by atoms with Crippen LogP contribution < -0.4 is 21.1 Å². The molecule has 23 heavy (non-hydrogen) atoms. The summed E-state index contributed by atoms with van der Waals surface area (Å²) in [6.07, 6.45) is 0. The Hall–Kier alpha value is -3.14. The number of ether oxygens (including phenoxy) is 1. The molecular weight excluding hydrogens is 286 g/mol. The van der Waals surface area contributed by atoms with Crippen LogP contribution in [0.15, 0.2) is 72.8 Å². The summed E-state index contributed by atoms with van der Waals surface area (Å²) in [6, 6.07) is 23.4. The number of methoxy groups -OCH3 is 1. The third-order valence-electron chi connectivity index (χ3n) is 3.63. The summed E-state index contributed by atoms with van der Waals surface area (Å²) >= 11 is 0. The van der Waals surface area contributed by atoms with Crippen LogP contribution >= 0.6 is 0 Å². The van der Waals surface area contributed by atoms with Crippen molar-refractivity contribution in [3.05, 3.63) is 72.8 Å². The van der Waals surface area contributed by atoms with Crippen molar-refractivity contribution in [3.8, 4) is 5.75 Å². The van der Waals surface area contributed by atoms with Gasteiger partial charge >= 0.3 is 0 Å². The zero-order chi connectivity index (χ0) is 16.2. The van der Waals surface area contributed by atoms with Crippen LogP contribution in [-0.4, -0.2) is 7.11 Å². The molecule has 0 heterocycles. The van der Waals surface area contributed by atoms with E-state index in [-0.39, 0.29) is 0 Å². The first-order chi connectivity index (χ1) is 11.2. The molecule has 4 heteroatoms. The van der Waals surface area contributed by atoms with E-state index in [9.17, 15) is 0 Å². The minimum Gasteiger partial charge on any atom is -0.495 e. The number of hydrogen-bond acceptors (Lipinski definition) is 4. The molecule has 0 atom stereocenters. The van der Waals surface area contributed by atoms with Crippen LogP contribution in [0.4, 0.5) is 28.4 Å². The van der Waals surface area contributed by atoms with E-state index in [2.05, 4.69) is 4.90 Å². The molecule has 0 radical (unpaired) electrons. The Morgan fingerprint density at radius 2 is 1.17 bits per heavy atom. The molecule has 0 aliphatic carbocycles. The lowest BCUT2D eigenvalue weighted by Crippen LogP contribution is -2.11. The molecule has 0 unspecified atom stereocenters. The fourth-order valence-electron chi connectivity index (χ4n) is 2.49. The minimum absolute atomic E-state index is 0.728. The molecule has 0 saturated carbocycles. The minimum atomic E-state index is 0.728. The second-order valence-electron chi connectivity index (χ2n) is 5.19. The van der Waals surface area contributed by atoms with Crippen LogP contribution in [0.25, 0.3) is 0 Å². The molecule has 0 saturated heterocycles. The first kappa shape index (κ1) is 14.8. The number of nitrogens with two attached hydrogens (primary N) is 2. The lowest BCUT2D eigenvalue weighted by molar-refractivity contribution is 0.416. The summed E-state index contributed by atoms with van der Waals surface area (Å²) in [7, 11) is 1.67. The van der Waals surface area contributed by atoms with E-state index in [1.807, 2.05) is 72.8 Å². The molecule has 3 aromatic carbocycles. The van der Waals surface area contributed by atoms with Gasteiger partial charge < -0.3 is 21.1 Å². The van der Waals surface area contributed by atoms with Gasteiger partial charge in [0, 0.05) is 22.7 Å². The smallest absolute Gasteiger partial charge is 0.142 e. The van der Waals surface area contributed by atoms with E-state index < -0.39 is 0 Å². The summed E-state index contributed by atoms with van der Waals surface area (Å²) in [5.41, 5.74) is 16.0. The fourth-order valence-corrected chi connectivity index (χ4v) is 2.49. The molecule has 3 aromatic rings. The number of nitrogens with zero attached hydrogens (tertiary/aromatic N) is 1. The average Bonchev–Trinajstić information content (AvgIpc) is 2.59. The average molecular weight is 305 g/mol. The van der Waals surface area contributed by atoms with Gasteiger partial charge in [-0.3, -0.25) is 0 Å². The quantitative estimate of drug-likeness (QED) is 0.704. The maximum absolute atomic E-state index is 5.82. The van der Waals surface area contributed by atoms with Crippen LogP contribution in [0, 0.1) is 0 Å². The van der Waals surface area contributed by atoms with Gasteiger partial charge in [-0.1, -0.05) is 12.1 Å². The van der Waals surface area contributed by atoms with E-state index in [1.54, 1.807) is 7.11 Å². The van der Waals surface area contributed by atoms with Crippen molar-refractivity contribution in [2.75, 3.05) is 23.5 Å². The fraction of sp³-hybridized carbons (Fsp3) is 0.0526. The van der Waals surface area contributed by atoms with E-state index in [4.69, 9.17) is 16.2 Å². The molecule has 0 bridgehead atoms. The first-order valence-corrected chi connectivity index (χ1v) is 7.33. The van der Waals surface area contributed by atoms with E-state index in [0.717, 1.165) is 34.2 Å². The number of nitrogen functional groups attached to an aromatic ring is 2. The Labute approximate surface area is 135 Å². The van der Waals surface area contributed by atoms with Crippen molar-refractivity contribution in [1.29, 1.82) is 0 Å². The summed E-state index contributed by atoms with van der Waals surface area (Å²) in [4.78, 5) is 2.11. The zero-order valence-corrected chi connectivity index (χ0v) is 12.9. The van der Waals surface area contributed by atoms with Gasteiger partial charge in [0.15, 0.2) is 0 Å². The maximum atomic E-state index is 5.82. The molecular formula is C19H19N3O. The monoisotopic (exact) mass is 305 g/mol. The molecule has 0 amide bonds. The Morgan fingerprint density at radius 1 is 0.696 bits per heavy atom. The number of para-hydroxylation sites is 2. The first-order valence-electron chi connectivity index (χ1n) is 7.33. The third-order valence-corrected chi connectivity index (χ3v) is 3.63. The van der Waals surface area contributed by atoms with Gasteiger partial charge in [-0.15, -0.1) is 0 Å². The highest BCUT2D eigenvalue weighted by molar-refractivity contribution is 5.81. The molecule has 4 nitrogen and oxygen atoms in total. The highest BCUT2D eigenvalue weighted by Gasteiger charge is 2.16. The van der Waals surface area contributed by atoms with Crippen molar-refractivity contribution in [2.45, 2.75) is 0 Å². The Bertz CT molecular complexity index is 737. The van der Waals surface area contributed by atoms with Crippen molar-refractivity contribution >= 4 is 28.4 Å². The van der Waals surface area contributed by atoms with Gasteiger partial charge in [-0.05, 0) is 60.7 Å². The molecule has 0 aromatic heterocycles. The largest absolute Gasteiger partial charge is 0.495 e. The summed E-state index contributed by atoms with van der Waals surface area (Å²) in [5.74, 6) is 0.793. The zero-order valence-electron chi connectivity index (χ0n) is 12.9. The molecule has 0 fully saturated rings. The summed E-state index contributed by atoms with van der Waals surface area (Å²) < 4.78 is 5.53. The lowest BCUT2D eigenvalue weighted by Gasteiger charge is -2.27. The van der Waals surface area contributed by atoms with Gasteiger partial charge in [-0.25, -0.2) is 0 Å². The lowest BCUT2D eigenvalue weighted by atomic mass is 10.1. The van der Waals surface area contributed by atoms with Crippen molar-refractivity contribution < 1.29 is 4.74 Å². The Morgan fingerprint density at radius 3 is 1.65 bits per heavy atom. The van der Waals surface area contributed by atoms with E-state index in [1.165, 1.54) is 0 Å². The maximum Gasteiger partial charge on any atom is 0.142 e. The predicted octanol–water partition coefficient (Wildman–Crippen LogP) is 4.33. The molecule has 0 aliphatic heterocycles. The van der Waals surface area contributed by atoms with Gasteiger partial charge in [0.25, 0.3) is 0 Å². The van der Waals surface area contributed by atoms with Crippen LogP contribution in [0.5, 0.6) is 5.75 Å². The van der Waals surface area contributed by atoms with Crippen LogP contribution in [0.2, 0.25) is 0 Å². The highest BCUT2D eigenvalue weighted by Crippen LogP contribution is 2.40. The van der Waals surface area contributed by atoms with Crippen molar-refractivity contribution in [2.24, 2.45) is 0 Å². The topological polar surface area (TPSA) is 64.5 Å². The Kier molecular flexibility index (Phi) is 4.06. The van der Waals surface area contributed by atoms with E-state index >= 15 is 0 Å². The molecule has 4 N–H and O–H groups in total. The summed E-state index contributed by atoms with van der Waals surface area (Å²) in [6.45, 7) is 0. The molecule has 0 aliphatic rings.